The molecule has 5 nitrogen and oxygen atoms in total. The lowest BCUT2D eigenvalue weighted by atomic mass is 10.0. The number of fused-ring (bicyclic) bond motifs is 1. The van der Waals surface area contributed by atoms with Gasteiger partial charge in [0.1, 0.15) is 5.69 Å². The van der Waals surface area contributed by atoms with E-state index in [1.165, 1.54) is 5.56 Å². The molecule has 5 heteroatoms. The average molecular weight is 264 g/mol. The number of para-hydroxylation sites is 1. The number of hydrogen-bond acceptors (Lipinski definition) is 5. The Hall–Kier alpha value is -2.69. The highest BCUT2D eigenvalue weighted by atomic mass is 16.5. The summed E-state index contributed by atoms with van der Waals surface area (Å²) in [6, 6.07) is 13.8. The number of hydrogen-bond donors (Lipinski definition) is 1. The minimum atomic E-state index is 0.108. The van der Waals surface area contributed by atoms with Crippen LogP contribution in [0.1, 0.15) is 17.4 Å². The maximum atomic E-state index is 5.42. The van der Waals surface area contributed by atoms with Crippen LogP contribution in [0.3, 0.4) is 0 Å². The van der Waals surface area contributed by atoms with Crippen LogP contribution in [0.2, 0.25) is 0 Å². The molecule has 98 valence electrons. The summed E-state index contributed by atoms with van der Waals surface area (Å²) < 4.78 is 5.42. The molecule has 1 aromatic carbocycles. The lowest BCUT2D eigenvalue weighted by Crippen LogP contribution is -2.04. The van der Waals surface area contributed by atoms with E-state index in [2.05, 4.69) is 32.6 Å². The van der Waals surface area contributed by atoms with Gasteiger partial charge in [0.2, 0.25) is 11.7 Å². The number of rotatable bonds is 2. The second-order valence-electron chi connectivity index (χ2n) is 4.69. The highest BCUT2D eigenvalue weighted by molar-refractivity contribution is 5.59. The van der Waals surface area contributed by atoms with Crippen molar-refractivity contribution in [3.8, 4) is 11.5 Å². The number of anilines is 1. The van der Waals surface area contributed by atoms with Crippen LogP contribution in [-0.4, -0.2) is 21.7 Å². The molecule has 0 saturated heterocycles. The van der Waals surface area contributed by atoms with Gasteiger partial charge < -0.3 is 9.84 Å². The summed E-state index contributed by atoms with van der Waals surface area (Å²) in [6.45, 7) is 0.781. The monoisotopic (exact) mass is 264 g/mol. The Morgan fingerprint density at radius 1 is 1.10 bits per heavy atom. The largest absolute Gasteiger partial charge is 0.384 e. The Morgan fingerprint density at radius 2 is 2.00 bits per heavy atom. The zero-order valence-corrected chi connectivity index (χ0v) is 10.7. The van der Waals surface area contributed by atoms with E-state index >= 15 is 0 Å². The van der Waals surface area contributed by atoms with Crippen LogP contribution in [0, 0.1) is 0 Å². The Morgan fingerprint density at radius 3 is 2.90 bits per heavy atom. The molecule has 0 aliphatic carbocycles. The van der Waals surface area contributed by atoms with Crippen molar-refractivity contribution in [1.82, 2.24) is 15.1 Å². The van der Waals surface area contributed by atoms with Gasteiger partial charge in [-0.05, 0) is 23.8 Å². The van der Waals surface area contributed by atoms with Gasteiger partial charge in [-0.1, -0.05) is 29.4 Å². The van der Waals surface area contributed by atoms with Gasteiger partial charge >= 0.3 is 0 Å². The first-order chi connectivity index (χ1) is 9.92. The maximum absolute atomic E-state index is 5.42. The molecular weight excluding hydrogens is 252 g/mol. The van der Waals surface area contributed by atoms with E-state index in [1.54, 1.807) is 6.20 Å². The molecule has 1 aliphatic heterocycles. The van der Waals surface area contributed by atoms with E-state index in [0.29, 0.717) is 11.7 Å². The molecule has 0 amide bonds. The summed E-state index contributed by atoms with van der Waals surface area (Å²) >= 11 is 0. The Labute approximate surface area is 115 Å². The molecule has 1 unspecified atom stereocenters. The minimum absolute atomic E-state index is 0.108. The molecule has 20 heavy (non-hydrogen) atoms. The first kappa shape index (κ1) is 11.2. The predicted octanol–water partition coefficient (Wildman–Crippen LogP) is 2.69. The Kier molecular flexibility index (Phi) is 2.48. The number of aromatic nitrogens is 3. The van der Waals surface area contributed by atoms with Gasteiger partial charge in [0, 0.05) is 18.4 Å². The number of nitrogens with one attached hydrogen (secondary N) is 1. The second kappa shape index (κ2) is 4.45. The van der Waals surface area contributed by atoms with Crippen molar-refractivity contribution in [3.05, 3.63) is 60.1 Å². The summed E-state index contributed by atoms with van der Waals surface area (Å²) in [7, 11) is 0. The van der Waals surface area contributed by atoms with Crippen molar-refractivity contribution in [3.63, 3.8) is 0 Å². The number of benzene rings is 1. The maximum Gasteiger partial charge on any atom is 0.236 e. The normalized spacial score (nSPS) is 16.7. The summed E-state index contributed by atoms with van der Waals surface area (Å²) in [4.78, 5) is 8.71. The summed E-state index contributed by atoms with van der Waals surface area (Å²) in [5, 5.41) is 7.38. The molecule has 1 atom stereocenters. The van der Waals surface area contributed by atoms with Crippen LogP contribution in [0.25, 0.3) is 11.5 Å². The zero-order chi connectivity index (χ0) is 13.4. The number of nitrogens with zero attached hydrogens (tertiary/aromatic N) is 3. The van der Waals surface area contributed by atoms with E-state index in [4.69, 9.17) is 4.52 Å². The lowest BCUT2D eigenvalue weighted by molar-refractivity contribution is 0.370. The van der Waals surface area contributed by atoms with Crippen molar-refractivity contribution >= 4 is 5.69 Å². The van der Waals surface area contributed by atoms with Crippen LogP contribution < -0.4 is 5.32 Å². The Balaban J connectivity index is 1.70. The van der Waals surface area contributed by atoms with Gasteiger partial charge in [-0.25, -0.2) is 0 Å². The van der Waals surface area contributed by atoms with Crippen LogP contribution in [0.5, 0.6) is 0 Å². The van der Waals surface area contributed by atoms with Crippen molar-refractivity contribution in [1.29, 1.82) is 0 Å². The fraction of sp³-hybridized carbons (Fsp3) is 0.133. The van der Waals surface area contributed by atoms with E-state index in [0.717, 1.165) is 17.9 Å². The zero-order valence-electron chi connectivity index (χ0n) is 10.7. The second-order valence-corrected chi connectivity index (χ2v) is 4.69. The summed E-state index contributed by atoms with van der Waals surface area (Å²) in [6.07, 6.45) is 1.72. The molecule has 2 aromatic heterocycles. The average Bonchev–Trinajstić information content (AvgIpc) is 3.14. The minimum Gasteiger partial charge on any atom is -0.384 e. The third kappa shape index (κ3) is 1.75. The van der Waals surface area contributed by atoms with Crippen LogP contribution in [0.4, 0.5) is 5.69 Å². The molecule has 0 bridgehead atoms. The number of pyridine rings is 1. The van der Waals surface area contributed by atoms with Gasteiger partial charge in [-0.2, -0.15) is 4.98 Å². The van der Waals surface area contributed by atoms with E-state index in [1.807, 2.05) is 30.3 Å². The fourth-order valence-corrected chi connectivity index (χ4v) is 2.48. The third-order valence-electron chi connectivity index (χ3n) is 3.47. The first-order valence-corrected chi connectivity index (χ1v) is 6.49. The molecule has 0 radical (unpaired) electrons. The van der Waals surface area contributed by atoms with Crippen LogP contribution >= 0.6 is 0 Å². The molecule has 4 rings (SSSR count). The standard InChI is InChI=1S/C15H12N4O/c1-2-6-12-10(5-1)11(9-17-12)15-18-14(19-20-15)13-7-3-4-8-16-13/h1-8,11,17H,9H2. The highest BCUT2D eigenvalue weighted by Gasteiger charge is 2.28. The summed E-state index contributed by atoms with van der Waals surface area (Å²) in [5.74, 6) is 1.27. The SMILES string of the molecule is c1ccc(-c2noc(C3CNc4ccccc43)n2)nc1. The van der Waals surface area contributed by atoms with Gasteiger partial charge in [0.25, 0.3) is 0 Å². The predicted molar refractivity (Wildman–Crippen MR) is 74.3 cm³/mol. The van der Waals surface area contributed by atoms with E-state index in [-0.39, 0.29) is 5.92 Å². The lowest BCUT2D eigenvalue weighted by Gasteiger charge is -2.02. The van der Waals surface area contributed by atoms with Crippen molar-refractivity contribution in [2.24, 2.45) is 0 Å². The van der Waals surface area contributed by atoms with E-state index < -0.39 is 0 Å². The van der Waals surface area contributed by atoms with E-state index in [9.17, 15) is 0 Å². The van der Waals surface area contributed by atoms with Gasteiger partial charge in [-0.3, -0.25) is 4.98 Å². The van der Waals surface area contributed by atoms with Gasteiger partial charge in [0.05, 0.1) is 5.92 Å². The smallest absolute Gasteiger partial charge is 0.236 e. The fourth-order valence-electron chi connectivity index (χ4n) is 2.48. The molecule has 1 N–H and O–H groups in total. The van der Waals surface area contributed by atoms with Gasteiger partial charge in [0.15, 0.2) is 0 Å². The molecule has 0 spiro atoms. The molecule has 1 aliphatic rings. The summed E-state index contributed by atoms with van der Waals surface area (Å²) in [5.41, 5.74) is 3.06. The van der Waals surface area contributed by atoms with Crippen molar-refractivity contribution < 1.29 is 4.52 Å². The molecule has 3 aromatic rings. The van der Waals surface area contributed by atoms with Crippen LogP contribution in [-0.2, 0) is 0 Å². The molecular formula is C15H12N4O. The quantitative estimate of drug-likeness (QED) is 0.771. The highest BCUT2D eigenvalue weighted by Crippen LogP contribution is 2.35. The molecule has 0 saturated carbocycles. The van der Waals surface area contributed by atoms with Crippen molar-refractivity contribution in [2.75, 3.05) is 11.9 Å². The molecule has 3 heterocycles. The van der Waals surface area contributed by atoms with Crippen LogP contribution in [0.15, 0.2) is 53.2 Å². The van der Waals surface area contributed by atoms with Gasteiger partial charge in [-0.15, -0.1) is 0 Å². The third-order valence-corrected chi connectivity index (χ3v) is 3.47. The van der Waals surface area contributed by atoms with Crippen molar-refractivity contribution in [2.45, 2.75) is 5.92 Å². The first-order valence-electron chi connectivity index (χ1n) is 6.49. The molecule has 0 fully saturated rings. The topological polar surface area (TPSA) is 63.8 Å². The Bertz CT molecular complexity index is 738.